The number of hydrogen-bond acceptors (Lipinski definition) is 9. The van der Waals surface area contributed by atoms with Crippen LogP contribution in [0.3, 0.4) is 0 Å². The Bertz CT molecular complexity index is 1090. The van der Waals surface area contributed by atoms with Crippen LogP contribution in [0.2, 0.25) is 0 Å². The Labute approximate surface area is 420 Å². The summed E-state index contributed by atoms with van der Waals surface area (Å²) in [7, 11) is 0. The standard InChI is InChI=1S/C58H113N3O7/c1-5-9-13-17-20-25-35-53(34-24-16-12-8-4)50-59-56(63)39-28-23-32-42-60(46-48-66-49-47-62)44-45-61(55-37-26-21-22-27-38-55)43-33-31-36-54(51-67-57(64)40-29-18-14-10-6-2)52-68-58(65)41-30-19-15-11-7-3/h53-55,62H,5-52H2,1-4H3,(H,59,63). The fourth-order valence-corrected chi connectivity index (χ4v) is 9.91. The van der Waals surface area contributed by atoms with Gasteiger partial charge >= 0.3 is 11.9 Å². The summed E-state index contributed by atoms with van der Waals surface area (Å²) >= 11 is 0. The van der Waals surface area contributed by atoms with E-state index in [9.17, 15) is 19.5 Å². The van der Waals surface area contributed by atoms with Gasteiger partial charge in [0.05, 0.1) is 33.0 Å². The van der Waals surface area contributed by atoms with Crippen LogP contribution in [0.15, 0.2) is 0 Å². The first-order valence-electron chi connectivity index (χ1n) is 29.6. The highest BCUT2D eigenvalue weighted by Crippen LogP contribution is 2.24. The lowest BCUT2D eigenvalue weighted by Crippen LogP contribution is -2.42. The van der Waals surface area contributed by atoms with Gasteiger partial charge in [-0.15, -0.1) is 0 Å². The van der Waals surface area contributed by atoms with Crippen molar-refractivity contribution in [2.45, 2.75) is 271 Å². The largest absolute Gasteiger partial charge is 0.465 e. The minimum atomic E-state index is -0.129. The molecule has 0 bridgehead atoms. The van der Waals surface area contributed by atoms with E-state index in [-0.39, 0.29) is 30.4 Å². The average molecular weight is 965 g/mol. The van der Waals surface area contributed by atoms with Crippen LogP contribution in [0, 0.1) is 11.8 Å². The topological polar surface area (TPSA) is 118 Å². The van der Waals surface area contributed by atoms with E-state index in [1.54, 1.807) is 0 Å². The van der Waals surface area contributed by atoms with Crippen LogP contribution in [0.5, 0.6) is 0 Å². The SMILES string of the molecule is CCCCCCCCC(CCCCCC)CNC(=O)CCCCCN(CCOCCO)CCN(CCCCC(COC(=O)CCCCCCC)COC(=O)CCCCCCC)C1CCCCCC1. The Balaban J connectivity index is 2.76. The van der Waals surface area contributed by atoms with Crippen molar-refractivity contribution in [3.8, 4) is 0 Å². The molecule has 402 valence electrons. The number of esters is 2. The van der Waals surface area contributed by atoms with Crippen molar-refractivity contribution in [3.63, 3.8) is 0 Å². The molecule has 1 atom stereocenters. The summed E-state index contributed by atoms with van der Waals surface area (Å²) in [6.45, 7) is 16.3. The fourth-order valence-electron chi connectivity index (χ4n) is 9.91. The first-order chi connectivity index (χ1) is 33.4. The molecule has 0 saturated heterocycles. The minimum Gasteiger partial charge on any atom is -0.465 e. The highest BCUT2D eigenvalue weighted by Gasteiger charge is 2.22. The molecular formula is C58H113N3O7. The molecule has 68 heavy (non-hydrogen) atoms. The van der Waals surface area contributed by atoms with Crippen molar-refractivity contribution >= 4 is 17.8 Å². The van der Waals surface area contributed by atoms with Crippen molar-refractivity contribution < 1.29 is 33.7 Å². The van der Waals surface area contributed by atoms with Gasteiger partial charge in [-0.2, -0.15) is 0 Å². The maximum atomic E-state index is 13.0. The molecule has 1 fully saturated rings. The van der Waals surface area contributed by atoms with Gasteiger partial charge in [-0.3, -0.25) is 24.2 Å². The highest BCUT2D eigenvalue weighted by molar-refractivity contribution is 5.75. The number of unbranched alkanes of at least 4 members (excludes halogenated alkanes) is 19. The van der Waals surface area contributed by atoms with Crippen molar-refractivity contribution in [2.75, 3.05) is 72.3 Å². The first-order valence-corrected chi connectivity index (χ1v) is 29.6. The molecule has 0 aromatic heterocycles. The number of nitrogens with zero attached hydrogens (tertiary/aromatic N) is 2. The third-order valence-corrected chi connectivity index (χ3v) is 14.5. The molecule has 1 saturated carbocycles. The molecular weight excluding hydrogens is 851 g/mol. The predicted molar refractivity (Wildman–Crippen MR) is 285 cm³/mol. The van der Waals surface area contributed by atoms with E-state index < -0.39 is 0 Å². The number of rotatable bonds is 50. The van der Waals surface area contributed by atoms with E-state index in [2.05, 4.69) is 42.8 Å². The second-order valence-electron chi connectivity index (χ2n) is 20.8. The number of aliphatic hydroxyl groups excluding tert-OH is 1. The lowest BCUT2D eigenvalue weighted by atomic mass is 9.94. The van der Waals surface area contributed by atoms with Gasteiger partial charge in [0.2, 0.25) is 5.91 Å². The molecule has 0 aromatic carbocycles. The Morgan fingerprint density at radius 3 is 1.54 bits per heavy atom. The molecule has 0 aliphatic heterocycles. The number of ether oxygens (including phenoxy) is 3. The third kappa shape index (κ3) is 39.9. The maximum Gasteiger partial charge on any atom is 0.305 e. The van der Waals surface area contributed by atoms with Gasteiger partial charge < -0.3 is 24.6 Å². The number of carbonyl (C=O) groups excluding carboxylic acids is 3. The molecule has 1 rings (SSSR count). The number of carbonyl (C=O) groups is 3. The zero-order valence-corrected chi connectivity index (χ0v) is 45.5. The lowest BCUT2D eigenvalue weighted by Gasteiger charge is -2.34. The van der Waals surface area contributed by atoms with E-state index in [1.807, 2.05) is 0 Å². The zero-order chi connectivity index (χ0) is 49.4. The second-order valence-corrected chi connectivity index (χ2v) is 20.8. The number of hydrogen-bond donors (Lipinski definition) is 2. The Kier molecular flexibility index (Phi) is 46.2. The normalized spacial score (nSPS) is 13.9. The van der Waals surface area contributed by atoms with Crippen molar-refractivity contribution in [3.05, 3.63) is 0 Å². The third-order valence-electron chi connectivity index (χ3n) is 14.5. The Hall–Kier alpha value is -1.75. The van der Waals surface area contributed by atoms with Gasteiger partial charge in [0, 0.05) is 57.4 Å². The summed E-state index contributed by atoms with van der Waals surface area (Å²) in [5.74, 6) is 0.582. The predicted octanol–water partition coefficient (Wildman–Crippen LogP) is 13.9. The Morgan fingerprint density at radius 2 is 0.971 bits per heavy atom. The first kappa shape index (κ1) is 64.3. The van der Waals surface area contributed by atoms with Crippen LogP contribution in [-0.2, 0) is 28.6 Å². The van der Waals surface area contributed by atoms with Crippen LogP contribution in [0.1, 0.15) is 265 Å². The highest BCUT2D eigenvalue weighted by atomic mass is 16.5. The summed E-state index contributed by atoms with van der Waals surface area (Å²) in [6, 6.07) is 0.595. The van der Waals surface area contributed by atoms with Crippen LogP contribution in [-0.4, -0.2) is 111 Å². The summed E-state index contributed by atoms with van der Waals surface area (Å²) in [6.07, 6.45) is 41.8. The number of nitrogens with one attached hydrogen (secondary N) is 1. The molecule has 0 radical (unpaired) electrons. The fraction of sp³-hybridized carbons (Fsp3) is 0.948. The molecule has 1 unspecified atom stereocenters. The molecule has 1 aliphatic carbocycles. The summed E-state index contributed by atoms with van der Waals surface area (Å²) in [5, 5.41) is 12.7. The average Bonchev–Trinajstić information content (AvgIpc) is 3.63. The van der Waals surface area contributed by atoms with Crippen molar-refractivity contribution in [1.29, 1.82) is 0 Å². The van der Waals surface area contributed by atoms with Crippen LogP contribution >= 0.6 is 0 Å². The zero-order valence-electron chi connectivity index (χ0n) is 45.5. The lowest BCUT2D eigenvalue weighted by molar-refractivity contribution is -0.149. The molecule has 0 aromatic rings. The summed E-state index contributed by atoms with van der Waals surface area (Å²) < 4.78 is 17.4. The van der Waals surface area contributed by atoms with Crippen molar-refractivity contribution in [1.82, 2.24) is 15.1 Å². The molecule has 1 amide bonds. The quantitative estimate of drug-likeness (QED) is 0.0349. The van der Waals surface area contributed by atoms with E-state index >= 15 is 0 Å². The summed E-state index contributed by atoms with van der Waals surface area (Å²) in [4.78, 5) is 43.7. The van der Waals surface area contributed by atoms with Gasteiger partial charge in [0.1, 0.15) is 0 Å². The van der Waals surface area contributed by atoms with Crippen LogP contribution in [0.25, 0.3) is 0 Å². The van der Waals surface area contributed by atoms with Gasteiger partial charge in [-0.05, 0) is 83.2 Å². The second kappa shape index (κ2) is 48.9. The monoisotopic (exact) mass is 964 g/mol. The van der Waals surface area contributed by atoms with E-state index in [4.69, 9.17) is 14.2 Å². The molecule has 10 nitrogen and oxygen atoms in total. The molecule has 2 N–H and O–H groups in total. The smallest absolute Gasteiger partial charge is 0.305 e. The van der Waals surface area contributed by atoms with Gasteiger partial charge in [-0.1, -0.05) is 182 Å². The van der Waals surface area contributed by atoms with Crippen LogP contribution < -0.4 is 5.32 Å². The van der Waals surface area contributed by atoms with Gasteiger partial charge in [0.15, 0.2) is 0 Å². The van der Waals surface area contributed by atoms with Gasteiger partial charge in [-0.25, -0.2) is 0 Å². The number of amides is 1. The Morgan fingerprint density at radius 1 is 0.500 bits per heavy atom. The molecule has 10 heteroatoms. The van der Waals surface area contributed by atoms with E-state index in [0.717, 1.165) is 116 Å². The molecule has 0 spiro atoms. The molecule has 1 aliphatic rings. The maximum absolute atomic E-state index is 13.0. The minimum absolute atomic E-state index is 0.0158. The van der Waals surface area contributed by atoms with Crippen molar-refractivity contribution in [2.24, 2.45) is 11.8 Å². The van der Waals surface area contributed by atoms with Crippen LogP contribution in [0.4, 0.5) is 0 Å². The van der Waals surface area contributed by atoms with E-state index in [0.29, 0.717) is 57.6 Å². The van der Waals surface area contributed by atoms with E-state index in [1.165, 1.54) is 141 Å². The molecule has 0 heterocycles. The number of aliphatic hydroxyl groups is 1. The van der Waals surface area contributed by atoms with Gasteiger partial charge in [0.25, 0.3) is 0 Å². The summed E-state index contributed by atoms with van der Waals surface area (Å²) in [5.41, 5.74) is 0.